The number of halogens is 1. The van der Waals surface area contributed by atoms with Gasteiger partial charge < -0.3 is 10.1 Å². The number of primary sulfonamides is 1. The monoisotopic (exact) mass is 328 g/mol. The summed E-state index contributed by atoms with van der Waals surface area (Å²) in [4.78, 5) is 8.00. The number of rotatable bonds is 5. The van der Waals surface area contributed by atoms with E-state index < -0.39 is 10.0 Å². The Hall–Kier alpha value is -1.90. The zero-order chi connectivity index (χ0) is 15.5. The maximum absolute atomic E-state index is 11.2. The van der Waals surface area contributed by atoms with Crippen molar-refractivity contribution in [3.05, 3.63) is 41.0 Å². The number of anilines is 1. The lowest BCUT2D eigenvalue weighted by Crippen LogP contribution is -2.12. The molecule has 0 atom stereocenters. The number of aromatic nitrogens is 2. The van der Waals surface area contributed by atoms with E-state index in [9.17, 15) is 8.42 Å². The molecule has 2 rings (SSSR count). The van der Waals surface area contributed by atoms with Crippen LogP contribution in [0.3, 0.4) is 0 Å². The lowest BCUT2D eigenvalue weighted by molar-refractivity contribution is 0.380. The van der Waals surface area contributed by atoms with Crippen LogP contribution in [0.15, 0.2) is 35.4 Å². The molecule has 0 saturated carbocycles. The van der Waals surface area contributed by atoms with E-state index in [1.54, 1.807) is 12.1 Å². The number of hydrogen-bond donors (Lipinski definition) is 2. The third-order valence-electron chi connectivity index (χ3n) is 2.62. The average molecular weight is 329 g/mol. The molecule has 7 nitrogen and oxygen atoms in total. The predicted molar refractivity (Wildman–Crippen MR) is 78.7 cm³/mol. The minimum absolute atomic E-state index is 0.0630. The topological polar surface area (TPSA) is 107 Å². The summed E-state index contributed by atoms with van der Waals surface area (Å²) >= 11 is 5.97. The van der Waals surface area contributed by atoms with Crippen LogP contribution in [0.1, 0.15) is 5.56 Å². The first kappa shape index (κ1) is 15.5. The molecule has 1 aromatic heterocycles. The number of sulfonamides is 1. The summed E-state index contributed by atoms with van der Waals surface area (Å²) in [6, 6.07) is 6.38. The second-order valence-electron chi connectivity index (χ2n) is 4.10. The quantitative estimate of drug-likeness (QED) is 0.859. The Morgan fingerprint density at radius 2 is 2.00 bits per heavy atom. The van der Waals surface area contributed by atoms with E-state index in [0.717, 1.165) is 5.56 Å². The van der Waals surface area contributed by atoms with Crippen molar-refractivity contribution in [2.45, 2.75) is 11.4 Å². The van der Waals surface area contributed by atoms with Gasteiger partial charge in [0, 0.05) is 6.54 Å². The highest BCUT2D eigenvalue weighted by Gasteiger charge is 2.08. The van der Waals surface area contributed by atoms with Crippen LogP contribution < -0.4 is 15.2 Å². The molecule has 2 aromatic rings. The second kappa shape index (κ2) is 6.25. The van der Waals surface area contributed by atoms with E-state index in [4.69, 9.17) is 21.5 Å². The molecule has 3 N–H and O–H groups in total. The molecule has 0 aliphatic carbocycles. The fourth-order valence-electron chi connectivity index (χ4n) is 1.56. The molecule has 1 heterocycles. The smallest absolute Gasteiger partial charge is 0.318 e. The molecular formula is C12H13ClN4O3S. The van der Waals surface area contributed by atoms with Gasteiger partial charge in [-0.15, -0.1) is 0 Å². The van der Waals surface area contributed by atoms with Gasteiger partial charge in [0.15, 0.2) is 5.82 Å². The molecule has 21 heavy (non-hydrogen) atoms. The maximum atomic E-state index is 11.2. The minimum atomic E-state index is -3.68. The number of hydrogen-bond acceptors (Lipinski definition) is 6. The Balaban J connectivity index is 2.10. The van der Waals surface area contributed by atoms with E-state index in [1.165, 1.54) is 25.4 Å². The standard InChI is InChI=1S/C12H13ClN4O3S/c1-20-12-16-7-10(13)11(17-12)15-6-8-2-4-9(5-3-8)21(14,18)19/h2-5,7H,6H2,1H3,(H2,14,18,19)(H,15,16,17). The Morgan fingerprint density at radius 3 is 2.57 bits per heavy atom. The third kappa shape index (κ3) is 4.03. The second-order valence-corrected chi connectivity index (χ2v) is 6.06. The van der Waals surface area contributed by atoms with Gasteiger partial charge >= 0.3 is 6.01 Å². The van der Waals surface area contributed by atoms with Crippen molar-refractivity contribution in [3.63, 3.8) is 0 Å². The van der Waals surface area contributed by atoms with Crippen molar-refractivity contribution in [2.24, 2.45) is 5.14 Å². The SMILES string of the molecule is COc1ncc(Cl)c(NCc2ccc(S(N)(=O)=O)cc2)n1. The van der Waals surface area contributed by atoms with Crippen LogP contribution in [0, 0.1) is 0 Å². The number of nitrogens with two attached hydrogens (primary N) is 1. The van der Waals surface area contributed by atoms with E-state index in [1.807, 2.05) is 0 Å². The highest BCUT2D eigenvalue weighted by Crippen LogP contribution is 2.21. The van der Waals surface area contributed by atoms with Crippen LogP contribution in [0.5, 0.6) is 6.01 Å². The molecule has 0 saturated heterocycles. The van der Waals surface area contributed by atoms with Gasteiger partial charge in [-0.05, 0) is 17.7 Å². The van der Waals surface area contributed by atoms with Crippen LogP contribution in [-0.2, 0) is 16.6 Å². The largest absolute Gasteiger partial charge is 0.467 e. The summed E-state index contributed by atoms with van der Waals surface area (Å²) in [6.45, 7) is 0.408. The minimum Gasteiger partial charge on any atom is -0.467 e. The zero-order valence-electron chi connectivity index (χ0n) is 11.1. The van der Waals surface area contributed by atoms with Crippen molar-refractivity contribution in [1.82, 2.24) is 9.97 Å². The molecule has 0 radical (unpaired) electrons. The number of nitrogens with one attached hydrogen (secondary N) is 1. The number of ether oxygens (including phenoxy) is 1. The highest BCUT2D eigenvalue weighted by atomic mass is 35.5. The van der Waals surface area contributed by atoms with Gasteiger partial charge in [0.25, 0.3) is 0 Å². The number of benzene rings is 1. The summed E-state index contributed by atoms with van der Waals surface area (Å²) in [5.74, 6) is 0.430. The molecule has 112 valence electrons. The van der Waals surface area contributed by atoms with Gasteiger partial charge in [-0.25, -0.2) is 18.5 Å². The van der Waals surface area contributed by atoms with Gasteiger partial charge in [-0.1, -0.05) is 23.7 Å². The number of methoxy groups -OCH3 is 1. The molecule has 0 aliphatic rings. The fourth-order valence-corrected chi connectivity index (χ4v) is 2.23. The lowest BCUT2D eigenvalue weighted by Gasteiger charge is -2.08. The Labute approximate surface area is 127 Å². The zero-order valence-corrected chi connectivity index (χ0v) is 12.6. The van der Waals surface area contributed by atoms with Gasteiger partial charge in [-0.3, -0.25) is 0 Å². The molecule has 0 bridgehead atoms. The first-order chi connectivity index (χ1) is 9.90. The van der Waals surface area contributed by atoms with Crippen molar-refractivity contribution >= 4 is 27.4 Å². The molecule has 0 spiro atoms. The first-order valence-corrected chi connectivity index (χ1v) is 7.74. The van der Waals surface area contributed by atoms with Gasteiger partial charge in [0.05, 0.1) is 18.2 Å². The molecule has 0 aliphatic heterocycles. The summed E-state index contributed by atoms with van der Waals surface area (Å²) in [5.41, 5.74) is 0.844. The Kier molecular flexibility index (Phi) is 4.61. The van der Waals surface area contributed by atoms with Crippen LogP contribution in [0.25, 0.3) is 0 Å². The third-order valence-corrected chi connectivity index (χ3v) is 3.82. The van der Waals surface area contributed by atoms with E-state index >= 15 is 0 Å². The molecule has 9 heteroatoms. The van der Waals surface area contributed by atoms with Gasteiger partial charge in [0.1, 0.15) is 5.02 Å². The average Bonchev–Trinajstić information content (AvgIpc) is 2.46. The maximum Gasteiger partial charge on any atom is 0.318 e. The molecule has 0 fully saturated rings. The van der Waals surface area contributed by atoms with Crippen molar-refractivity contribution < 1.29 is 13.2 Å². The summed E-state index contributed by atoms with van der Waals surface area (Å²) in [7, 11) is -2.22. The summed E-state index contributed by atoms with van der Waals surface area (Å²) in [5, 5.41) is 8.41. The Morgan fingerprint density at radius 1 is 1.33 bits per heavy atom. The van der Waals surface area contributed by atoms with Crippen LogP contribution in [0.4, 0.5) is 5.82 Å². The van der Waals surface area contributed by atoms with E-state index in [0.29, 0.717) is 17.4 Å². The van der Waals surface area contributed by atoms with Crippen molar-refractivity contribution in [1.29, 1.82) is 0 Å². The molecule has 0 amide bonds. The molecule has 0 unspecified atom stereocenters. The van der Waals surface area contributed by atoms with Gasteiger partial charge in [-0.2, -0.15) is 4.98 Å². The highest BCUT2D eigenvalue weighted by molar-refractivity contribution is 7.89. The van der Waals surface area contributed by atoms with Crippen LogP contribution in [0.2, 0.25) is 5.02 Å². The summed E-state index contributed by atoms with van der Waals surface area (Å²) < 4.78 is 27.2. The fraction of sp³-hybridized carbons (Fsp3) is 0.167. The predicted octanol–water partition coefficient (Wildman–Crippen LogP) is 1.40. The number of nitrogens with zero attached hydrogens (tertiary/aromatic N) is 2. The summed E-state index contributed by atoms with van der Waals surface area (Å²) in [6.07, 6.45) is 1.43. The van der Waals surface area contributed by atoms with E-state index in [-0.39, 0.29) is 10.9 Å². The van der Waals surface area contributed by atoms with Crippen LogP contribution >= 0.6 is 11.6 Å². The normalized spacial score (nSPS) is 11.2. The first-order valence-electron chi connectivity index (χ1n) is 5.82. The lowest BCUT2D eigenvalue weighted by atomic mass is 10.2. The van der Waals surface area contributed by atoms with Gasteiger partial charge in [0.2, 0.25) is 10.0 Å². The van der Waals surface area contributed by atoms with Crippen molar-refractivity contribution in [3.8, 4) is 6.01 Å². The van der Waals surface area contributed by atoms with Crippen LogP contribution in [-0.4, -0.2) is 25.5 Å². The molecule has 1 aromatic carbocycles. The van der Waals surface area contributed by atoms with E-state index in [2.05, 4.69) is 15.3 Å². The van der Waals surface area contributed by atoms with Crippen molar-refractivity contribution in [2.75, 3.05) is 12.4 Å². The Bertz CT molecular complexity index is 735. The molecular weight excluding hydrogens is 316 g/mol.